The molecule has 0 fully saturated rings. The Hall–Kier alpha value is -0.870. The average Bonchev–Trinajstić information content (AvgIpc) is 2.84. The maximum absolute atomic E-state index is 5.55. The van der Waals surface area contributed by atoms with E-state index in [0.29, 0.717) is 6.04 Å². The third-order valence-corrected chi connectivity index (χ3v) is 3.02. The minimum Gasteiger partial charge on any atom is -0.380 e. The van der Waals surface area contributed by atoms with Gasteiger partial charge in [-0.15, -0.1) is 0 Å². The third-order valence-electron chi connectivity index (χ3n) is 3.02. The van der Waals surface area contributed by atoms with Crippen molar-refractivity contribution in [2.45, 2.75) is 52.6 Å². The SMILES string of the molecule is CCCCOCCn1cc(C(CC)NCC)cn1. The van der Waals surface area contributed by atoms with Crippen LogP contribution >= 0.6 is 0 Å². The van der Waals surface area contributed by atoms with Crippen molar-refractivity contribution in [3.63, 3.8) is 0 Å². The van der Waals surface area contributed by atoms with Crippen LogP contribution in [0, 0.1) is 0 Å². The second-order valence-electron chi connectivity index (χ2n) is 4.52. The molecule has 18 heavy (non-hydrogen) atoms. The number of ether oxygens (including phenoxy) is 1. The molecule has 0 bridgehead atoms. The van der Waals surface area contributed by atoms with Crippen molar-refractivity contribution in [3.05, 3.63) is 18.0 Å². The average molecular weight is 253 g/mol. The summed E-state index contributed by atoms with van der Waals surface area (Å²) in [5.41, 5.74) is 1.27. The minimum absolute atomic E-state index is 0.421. The number of hydrogen-bond donors (Lipinski definition) is 1. The molecule has 104 valence electrons. The zero-order chi connectivity index (χ0) is 13.2. The van der Waals surface area contributed by atoms with Crippen molar-refractivity contribution in [2.75, 3.05) is 19.8 Å². The van der Waals surface area contributed by atoms with Crippen LogP contribution in [0.4, 0.5) is 0 Å². The summed E-state index contributed by atoms with van der Waals surface area (Å²) in [6, 6.07) is 0.421. The Balaban J connectivity index is 2.33. The van der Waals surface area contributed by atoms with Crippen molar-refractivity contribution >= 4 is 0 Å². The fourth-order valence-corrected chi connectivity index (χ4v) is 1.93. The van der Waals surface area contributed by atoms with Crippen LogP contribution in [0.15, 0.2) is 12.4 Å². The van der Waals surface area contributed by atoms with Gasteiger partial charge in [0.05, 0.1) is 19.3 Å². The molecule has 0 aliphatic carbocycles. The molecule has 0 radical (unpaired) electrons. The number of nitrogens with one attached hydrogen (secondary N) is 1. The lowest BCUT2D eigenvalue weighted by Crippen LogP contribution is -2.19. The third kappa shape index (κ3) is 5.19. The van der Waals surface area contributed by atoms with E-state index in [4.69, 9.17) is 4.74 Å². The Morgan fingerprint density at radius 1 is 1.33 bits per heavy atom. The number of aromatic nitrogens is 2. The van der Waals surface area contributed by atoms with Gasteiger partial charge < -0.3 is 10.1 Å². The van der Waals surface area contributed by atoms with Gasteiger partial charge in [-0.2, -0.15) is 5.10 Å². The van der Waals surface area contributed by atoms with Crippen LogP contribution in [0.1, 0.15) is 51.6 Å². The summed E-state index contributed by atoms with van der Waals surface area (Å²) in [4.78, 5) is 0. The molecule has 1 rings (SSSR count). The molecule has 4 heteroatoms. The van der Waals surface area contributed by atoms with Crippen molar-refractivity contribution in [3.8, 4) is 0 Å². The van der Waals surface area contributed by atoms with E-state index in [1.807, 2.05) is 10.9 Å². The number of rotatable bonds is 10. The molecule has 0 aliphatic heterocycles. The first-order chi connectivity index (χ1) is 8.81. The van der Waals surface area contributed by atoms with E-state index >= 15 is 0 Å². The van der Waals surface area contributed by atoms with Gasteiger partial charge >= 0.3 is 0 Å². The van der Waals surface area contributed by atoms with Crippen LogP contribution in [0.25, 0.3) is 0 Å². The first kappa shape index (κ1) is 15.2. The summed E-state index contributed by atoms with van der Waals surface area (Å²) in [6.07, 6.45) is 7.50. The van der Waals surface area contributed by atoms with Gasteiger partial charge in [0, 0.05) is 24.4 Å². The number of nitrogens with zero attached hydrogens (tertiary/aromatic N) is 2. The fraction of sp³-hybridized carbons (Fsp3) is 0.786. The standard InChI is InChI=1S/C14H27N3O/c1-4-7-9-18-10-8-17-12-13(11-16-17)14(5-2)15-6-3/h11-12,14-15H,4-10H2,1-3H3. The quantitative estimate of drug-likeness (QED) is 0.652. The predicted molar refractivity (Wildman–Crippen MR) is 74.7 cm³/mol. The summed E-state index contributed by atoms with van der Waals surface area (Å²) in [6.45, 7) is 9.94. The zero-order valence-electron chi connectivity index (χ0n) is 12.0. The van der Waals surface area contributed by atoms with Gasteiger partial charge in [0.25, 0.3) is 0 Å². The lowest BCUT2D eigenvalue weighted by atomic mass is 10.1. The molecule has 0 amide bonds. The van der Waals surface area contributed by atoms with Crippen molar-refractivity contribution < 1.29 is 4.74 Å². The monoisotopic (exact) mass is 253 g/mol. The van der Waals surface area contributed by atoms with Crippen LogP contribution in [0.2, 0.25) is 0 Å². The van der Waals surface area contributed by atoms with Crippen LogP contribution in [0.5, 0.6) is 0 Å². The summed E-state index contributed by atoms with van der Waals surface area (Å²) >= 11 is 0. The first-order valence-corrected chi connectivity index (χ1v) is 7.15. The Morgan fingerprint density at radius 2 is 2.17 bits per heavy atom. The second-order valence-corrected chi connectivity index (χ2v) is 4.52. The van der Waals surface area contributed by atoms with Gasteiger partial charge in [0.1, 0.15) is 0 Å². The largest absolute Gasteiger partial charge is 0.380 e. The van der Waals surface area contributed by atoms with Gasteiger partial charge in [-0.3, -0.25) is 4.68 Å². The summed E-state index contributed by atoms with van der Waals surface area (Å²) < 4.78 is 7.52. The molecule has 1 atom stereocenters. The Bertz CT molecular complexity index is 312. The van der Waals surface area contributed by atoms with Gasteiger partial charge in [0.15, 0.2) is 0 Å². The molecular formula is C14H27N3O. The van der Waals surface area contributed by atoms with Gasteiger partial charge in [-0.05, 0) is 19.4 Å². The maximum atomic E-state index is 5.55. The van der Waals surface area contributed by atoms with Gasteiger partial charge in [-0.25, -0.2) is 0 Å². The number of hydrogen-bond acceptors (Lipinski definition) is 3. The molecule has 0 aromatic carbocycles. The van der Waals surface area contributed by atoms with Crippen LogP contribution in [-0.4, -0.2) is 29.5 Å². The van der Waals surface area contributed by atoms with Crippen molar-refractivity contribution in [1.29, 1.82) is 0 Å². The van der Waals surface area contributed by atoms with E-state index in [1.165, 1.54) is 12.0 Å². The van der Waals surface area contributed by atoms with E-state index in [0.717, 1.165) is 39.1 Å². The maximum Gasteiger partial charge on any atom is 0.0662 e. The smallest absolute Gasteiger partial charge is 0.0662 e. The number of unbranched alkanes of at least 4 members (excludes halogenated alkanes) is 1. The highest BCUT2D eigenvalue weighted by atomic mass is 16.5. The van der Waals surface area contributed by atoms with Crippen molar-refractivity contribution in [1.82, 2.24) is 15.1 Å². The fourth-order valence-electron chi connectivity index (χ4n) is 1.93. The highest BCUT2D eigenvalue weighted by Gasteiger charge is 2.09. The normalized spacial score (nSPS) is 12.8. The van der Waals surface area contributed by atoms with Gasteiger partial charge in [-0.1, -0.05) is 27.2 Å². The highest BCUT2D eigenvalue weighted by molar-refractivity contribution is 5.10. The lowest BCUT2D eigenvalue weighted by molar-refractivity contribution is 0.121. The Morgan fingerprint density at radius 3 is 2.83 bits per heavy atom. The van der Waals surface area contributed by atoms with E-state index in [2.05, 4.69) is 37.4 Å². The summed E-state index contributed by atoms with van der Waals surface area (Å²) in [7, 11) is 0. The van der Waals surface area contributed by atoms with Crippen LogP contribution < -0.4 is 5.32 Å². The lowest BCUT2D eigenvalue weighted by Gasteiger charge is -2.13. The Kier molecular flexibility index (Phi) is 7.69. The highest BCUT2D eigenvalue weighted by Crippen LogP contribution is 2.15. The topological polar surface area (TPSA) is 39.1 Å². The Labute approximate surface area is 111 Å². The van der Waals surface area contributed by atoms with Crippen LogP contribution in [0.3, 0.4) is 0 Å². The molecule has 1 N–H and O–H groups in total. The molecule has 1 unspecified atom stereocenters. The van der Waals surface area contributed by atoms with E-state index < -0.39 is 0 Å². The van der Waals surface area contributed by atoms with Crippen LogP contribution in [-0.2, 0) is 11.3 Å². The zero-order valence-corrected chi connectivity index (χ0v) is 12.0. The van der Waals surface area contributed by atoms with Gasteiger partial charge in [0.2, 0.25) is 0 Å². The minimum atomic E-state index is 0.421. The summed E-state index contributed by atoms with van der Waals surface area (Å²) in [5.74, 6) is 0. The second kappa shape index (κ2) is 9.11. The molecule has 0 aliphatic rings. The molecule has 0 saturated carbocycles. The molecule has 4 nitrogen and oxygen atoms in total. The van der Waals surface area contributed by atoms with E-state index in [9.17, 15) is 0 Å². The summed E-state index contributed by atoms with van der Waals surface area (Å²) in [5, 5.41) is 7.84. The molecule has 0 spiro atoms. The van der Waals surface area contributed by atoms with E-state index in [1.54, 1.807) is 0 Å². The molecule has 1 aromatic rings. The molecule has 1 aromatic heterocycles. The van der Waals surface area contributed by atoms with Crippen molar-refractivity contribution in [2.24, 2.45) is 0 Å². The predicted octanol–water partition coefficient (Wildman–Crippen LogP) is 2.76. The van der Waals surface area contributed by atoms with E-state index in [-0.39, 0.29) is 0 Å². The first-order valence-electron chi connectivity index (χ1n) is 7.15. The molecule has 1 heterocycles. The molecular weight excluding hydrogens is 226 g/mol. The molecule has 0 saturated heterocycles.